The number of hydrogen-bond donors (Lipinski definition) is 1. The number of carbonyl (C=O) groups is 1. The second-order valence-electron chi connectivity index (χ2n) is 4.25. The quantitative estimate of drug-likeness (QED) is 0.941. The highest BCUT2D eigenvalue weighted by Gasteiger charge is 2.21. The molecule has 1 N–H and O–H groups in total. The first kappa shape index (κ1) is 15.0. The van der Waals surface area contributed by atoms with Crippen LogP contribution < -0.4 is 4.72 Å². The molecule has 7 heteroatoms. The topological polar surface area (TPSA) is 63.2 Å². The SMILES string of the molecule is Cc1cc(S(=O)(=O)NC(=O)c2ccc(Cl)cc2)sc1C. The molecule has 2 aromatic rings. The van der Waals surface area contributed by atoms with E-state index in [0.29, 0.717) is 5.02 Å². The van der Waals surface area contributed by atoms with Crippen LogP contribution in [0, 0.1) is 13.8 Å². The summed E-state index contributed by atoms with van der Waals surface area (Å²) in [7, 11) is -3.83. The van der Waals surface area contributed by atoms with Crippen LogP contribution in [0.25, 0.3) is 0 Å². The van der Waals surface area contributed by atoms with Gasteiger partial charge in [0, 0.05) is 15.5 Å². The minimum atomic E-state index is -3.83. The third-order valence-corrected chi connectivity index (χ3v) is 5.95. The summed E-state index contributed by atoms with van der Waals surface area (Å²) < 4.78 is 26.4. The molecular formula is C13H12ClNO3S2. The molecule has 20 heavy (non-hydrogen) atoms. The molecular weight excluding hydrogens is 318 g/mol. The van der Waals surface area contributed by atoms with Gasteiger partial charge in [-0.1, -0.05) is 11.6 Å². The minimum absolute atomic E-state index is 0.134. The zero-order valence-electron chi connectivity index (χ0n) is 10.8. The maximum atomic E-state index is 12.1. The van der Waals surface area contributed by atoms with Crippen LogP contribution in [-0.2, 0) is 10.0 Å². The molecule has 0 fully saturated rings. The largest absolute Gasteiger partial charge is 0.273 e. The van der Waals surface area contributed by atoms with Crippen LogP contribution in [0.5, 0.6) is 0 Å². The van der Waals surface area contributed by atoms with Crippen LogP contribution in [-0.4, -0.2) is 14.3 Å². The summed E-state index contributed by atoms with van der Waals surface area (Å²) in [5.74, 6) is -0.676. The molecule has 1 aromatic heterocycles. The molecule has 2 rings (SSSR count). The molecule has 106 valence electrons. The van der Waals surface area contributed by atoms with Crippen LogP contribution in [0.3, 0.4) is 0 Å². The molecule has 0 aliphatic rings. The van der Waals surface area contributed by atoms with Gasteiger partial charge in [0.1, 0.15) is 4.21 Å². The van der Waals surface area contributed by atoms with Gasteiger partial charge in [0.2, 0.25) is 0 Å². The minimum Gasteiger partial charge on any atom is -0.268 e. The van der Waals surface area contributed by atoms with Crippen molar-refractivity contribution in [2.24, 2.45) is 0 Å². The maximum Gasteiger partial charge on any atom is 0.273 e. The summed E-state index contributed by atoms with van der Waals surface area (Å²) in [5.41, 5.74) is 1.12. The zero-order valence-corrected chi connectivity index (χ0v) is 13.2. The molecule has 1 heterocycles. The summed E-state index contributed by atoms with van der Waals surface area (Å²) in [6.07, 6.45) is 0. The summed E-state index contributed by atoms with van der Waals surface area (Å²) in [4.78, 5) is 12.8. The molecule has 0 unspecified atom stereocenters. The number of nitrogens with one attached hydrogen (secondary N) is 1. The molecule has 0 spiro atoms. The van der Waals surface area contributed by atoms with Gasteiger partial charge in [-0.2, -0.15) is 0 Å². The van der Waals surface area contributed by atoms with Gasteiger partial charge in [0.25, 0.3) is 15.9 Å². The Balaban J connectivity index is 2.24. The lowest BCUT2D eigenvalue weighted by Gasteiger charge is -2.05. The Morgan fingerprint density at radius 3 is 2.30 bits per heavy atom. The van der Waals surface area contributed by atoms with Gasteiger partial charge in [-0.3, -0.25) is 4.79 Å². The highest BCUT2D eigenvalue weighted by Crippen LogP contribution is 2.25. The van der Waals surface area contributed by atoms with E-state index in [0.717, 1.165) is 21.8 Å². The number of thiophene rings is 1. The summed E-state index contributed by atoms with van der Waals surface area (Å²) in [5, 5.41) is 0.480. The van der Waals surface area contributed by atoms with Crippen molar-refractivity contribution in [3.8, 4) is 0 Å². The molecule has 4 nitrogen and oxygen atoms in total. The predicted octanol–water partition coefficient (Wildman–Crippen LogP) is 3.14. The van der Waals surface area contributed by atoms with Gasteiger partial charge in [-0.15, -0.1) is 11.3 Å². The fourth-order valence-corrected chi connectivity index (χ4v) is 4.12. The lowest BCUT2D eigenvalue weighted by atomic mass is 10.2. The lowest BCUT2D eigenvalue weighted by Crippen LogP contribution is -2.29. The number of halogens is 1. The number of rotatable bonds is 3. The van der Waals surface area contributed by atoms with Crippen molar-refractivity contribution >= 4 is 38.9 Å². The van der Waals surface area contributed by atoms with Crippen molar-refractivity contribution in [2.45, 2.75) is 18.1 Å². The monoisotopic (exact) mass is 329 g/mol. The molecule has 1 amide bonds. The average Bonchev–Trinajstić information content (AvgIpc) is 2.71. The number of aryl methyl sites for hydroxylation is 2. The Hall–Kier alpha value is -1.37. The van der Waals surface area contributed by atoms with E-state index < -0.39 is 15.9 Å². The van der Waals surface area contributed by atoms with Gasteiger partial charge < -0.3 is 0 Å². The highest BCUT2D eigenvalue weighted by atomic mass is 35.5. The Kier molecular flexibility index (Phi) is 4.17. The Bertz CT molecular complexity index is 729. The van der Waals surface area contributed by atoms with Crippen molar-refractivity contribution < 1.29 is 13.2 Å². The summed E-state index contributed by atoms with van der Waals surface area (Å²) in [6, 6.07) is 7.55. The van der Waals surface area contributed by atoms with E-state index in [1.54, 1.807) is 6.07 Å². The Labute approximate surface area is 126 Å². The van der Waals surface area contributed by atoms with E-state index in [4.69, 9.17) is 11.6 Å². The van der Waals surface area contributed by atoms with E-state index in [9.17, 15) is 13.2 Å². The number of carbonyl (C=O) groups excluding carboxylic acids is 1. The van der Waals surface area contributed by atoms with E-state index in [-0.39, 0.29) is 9.77 Å². The first-order valence-electron chi connectivity index (χ1n) is 5.69. The maximum absolute atomic E-state index is 12.1. The molecule has 0 saturated heterocycles. The highest BCUT2D eigenvalue weighted by molar-refractivity contribution is 7.92. The van der Waals surface area contributed by atoms with Crippen LogP contribution in [0.2, 0.25) is 5.02 Å². The molecule has 0 saturated carbocycles. The average molecular weight is 330 g/mol. The van der Waals surface area contributed by atoms with E-state index >= 15 is 0 Å². The standard InChI is InChI=1S/C13H12ClNO3S2/c1-8-7-12(19-9(8)2)20(17,18)15-13(16)10-3-5-11(14)6-4-10/h3-7H,1-2H3,(H,15,16). The normalized spacial score (nSPS) is 11.3. The van der Waals surface area contributed by atoms with Gasteiger partial charge in [0.05, 0.1) is 0 Å². The third kappa shape index (κ3) is 3.20. The smallest absolute Gasteiger partial charge is 0.268 e. The fourth-order valence-electron chi connectivity index (χ4n) is 1.50. The van der Waals surface area contributed by atoms with Gasteiger partial charge in [-0.25, -0.2) is 13.1 Å². The van der Waals surface area contributed by atoms with E-state index in [2.05, 4.69) is 0 Å². The van der Waals surface area contributed by atoms with Crippen molar-refractivity contribution in [3.63, 3.8) is 0 Å². The molecule has 0 bridgehead atoms. The first-order valence-corrected chi connectivity index (χ1v) is 8.37. The molecule has 0 aliphatic heterocycles. The van der Waals surface area contributed by atoms with Crippen molar-refractivity contribution in [2.75, 3.05) is 0 Å². The molecule has 0 aliphatic carbocycles. The number of sulfonamides is 1. The van der Waals surface area contributed by atoms with Gasteiger partial charge in [0.15, 0.2) is 0 Å². The molecule has 1 aromatic carbocycles. The van der Waals surface area contributed by atoms with Crippen molar-refractivity contribution in [3.05, 3.63) is 51.4 Å². The van der Waals surface area contributed by atoms with E-state index in [1.807, 2.05) is 18.6 Å². The number of benzene rings is 1. The second kappa shape index (κ2) is 5.55. The van der Waals surface area contributed by atoms with Crippen LogP contribution in [0.1, 0.15) is 20.8 Å². The second-order valence-corrected chi connectivity index (χ2v) is 7.85. The first-order chi connectivity index (χ1) is 9.29. The van der Waals surface area contributed by atoms with Gasteiger partial charge >= 0.3 is 0 Å². The Morgan fingerprint density at radius 2 is 1.80 bits per heavy atom. The van der Waals surface area contributed by atoms with Crippen LogP contribution in [0.4, 0.5) is 0 Å². The zero-order chi connectivity index (χ0) is 14.9. The van der Waals surface area contributed by atoms with Crippen LogP contribution >= 0.6 is 22.9 Å². The predicted molar refractivity (Wildman–Crippen MR) is 79.9 cm³/mol. The van der Waals surface area contributed by atoms with Crippen LogP contribution in [0.15, 0.2) is 34.5 Å². The van der Waals surface area contributed by atoms with E-state index in [1.165, 1.54) is 24.3 Å². The lowest BCUT2D eigenvalue weighted by molar-refractivity contribution is 0.0981. The Morgan fingerprint density at radius 1 is 1.20 bits per heavy atom. The number of hydrogen-bond acceptors (Lipinski definition) is 4. The number of amides is 1. The summed E-state index contributed by atoms with van der Waals surface area (Å²) >= 11 is 6.85. The van der Waals surface area contributed by atoms with Gasteiger partial charge in [-0.05, 0) is 49.7 Å². The summed E-state index contributed by atoms with van der Waals surface area (Å²) in [6.45, 7) is 3.66. The fraction of sp³-hybridized carbons (Fsp3) is 0.154. The van der Waals surface area contributed by atoms with Crippen molar-refractivity contribution in [1.29, 1.82) is 0 Å². The third-order valence-electron chi connectivity index (χ3n) is 2.74. The van der Waals surface area contributed by atoms with Crippen molar-refractivity contribution in [1.82, 2.24) is 4.72 Å². The molecule has 0 radical (unpaired) electrons. The molecule has 0 atom stereocenters.